The van der Waals surface area contributed by atoms with Crippen molar-refractivity contribution in [2.75, 3.05) is 13.2 Å². The summed E-state index contributed by atoms with van der Waals surface area (Å²) >= 11 is 0. The van der Waals surface area contributed by atoms with Crippen LogP contribution in [0.3, 0.4) is 0 Å². The minimum atomic E-state index is -0.677. The molecule has 46 heavy (non-hydrogen) atoms. The van der Waals surface area contributed by atoms with Crippen LogP contribution in [0.25, 0.3) is 0 Å². The lowest BCUT2D eigenvalue weighted by Crippen LogP contribution is -2.17. The Labute approximate surface area is 278 Å². The Kier molecular flexibility index (Phi) is 19.5. The van der Waals surface area contributed by atoms with Gasteiger partial charge in [-0.05, 0) is 61.8 Å². The molecule has 0 spiro atoms. The Morgan fingerprint density at radius 3 is 1.07 bits per heavy atom. The number of hydrogen-bond acceptors (Lipinski definition) is 6. The lowest BCUT2D eigenvalue weighted by molar-refractivity contribution is 0.0414. The monoisotopic (exact) mass is 634 g/mol. The Hall–Kier alpha value is -3.28. The van der Waals surface area contributed by atoms with Crippen LogP contribution in [0, 0.1) is 11.8 Å². The minimum Gasteiger partial charge on any atom is -0.462 e. The fourth-order valence-electron chi connectivity index (χ4n) is 5.66. The standard InChI is InChI=1S/C40H58O6/c1-5-9-13-15-19-31(17-11-7-3)29-45-39(43)35-25-21-33(22-26-35)37(41)38(42)34-23-27-36(28-24-34)40(44)46-30-32(18-12-8-4)20-16-14-10-6-2/h21-28,31-32H,5-20,29-30H2,1-4H3. The Morgan fingerprint density at radius 1 is 0.435 bits per heavy atom. The van der Waals surface area contributed by atoms with Gasteiger partial charge in [-0.2, -0.15) is 0 Å². The molecule has 2 rings (SSSR count). The van der Waals surface area contributed by atoms with Crippen LogP contribution in [0.5, 0.6) is 0 Å². The molecule has 0 aliphatic carbocycles. The van der Waals surface area contributed by atoms with Crippen molar-refractivity contribution in [2.45, 2.75) is 130 Å². The molecule has 0 saturated heterocycles. The van der Waals surface area contributed by atoms with E-state index in [0.717, 1.165) is 64.2 Å². The molecule has 0 amide bonds. The smallest absolute Gasteiger partial charge is 0.338 e. The fraction of sp³-hybridized carbons (Fsp3) is 0.600. The third-order valence-electron chi connectivity index (χ3n) is 8.74. The van der Waals surface area contributed by atoms with Crippen molar-refractivity contribution >= 4 is 23.5 Å². The molecule has 0 aliphatic heterocycles. The van der Waals surface area contributed by atoms with Crippen molar-refractivity contribution < 1.29 is 28.7 Å². The van der Waals surface area contributed by atoms with E-state index in [-0.39, 0.29) is 11.1 Å². The number of benzene rings is 2. The molecule has 6 nitrogen and oxygen atoms in total. The summed E-state index contributed by atoms with van der Waals surface area (Å²) in [5.74, 6) is -1.48. The van der Waals surface area contributed by atoms with E-state index < -0.39 is 23.5 Å². The van der Waals surface area contributed by atoms with Crippen LogP contribution < -0.4 is 0 Å². The van der Waals surface area contributed by atoms with Gasteiger partial charge in [0.1, 0.15) is 0 Å². The van der Waals surface area contributed by atoms with E-state index in [4.69, 9.17) is 9.47 Å². The van der Waals surface area contributed by atoms with Gasteiger partial charge in [-0.1, -0.05) is 129 Å². The van der Waals surface area contributed by atoms with E-state index in [1.807, 2.05) is 0 Å². The van der Waals surface area contributed by atoms with Gasteiger partial charge < -0.3 is 9.47 Å². The second-order valence-electron chi connectivity index (χ2n) is 12.7. The van der Waals surface area contributed by atoms with E-state index in [9.17, 15) is 19.2 Å². The van der Waals surface area contributed by atoms with Gasteiger partial charge >= 0.3 is 11.9 Å². The number of hydrogen-bond donors (Lipinski definition) is 0. The summed E-state index contributed by atoms with van der Waals surface area (Å²) in [6.07, 6.45) is 18.2. The minimum absolute atomic E-state index is 0.193. The molecule has 0 aliphatic rings. The second kappa shape index (κ2) is 23.1. The lowest BCUT2D eigenvalue weighted by Gasteiger charge is -2.17. The van der Waals surface area contributed by atoms with Crippen LogP contribution in [0.4, 0.5) is 0 Å². The summed E-state index contributed by atoms with van der Waals surface area (Å²) < 4.78 is 11.3. The first kappa shape index (κ1) is 38.9. The largest absolute Gasteiger partial charge is 0.462 e. The average Bonchev–Trinajstić information content (AvgIpc) is 3.09. The van der Waals surface area contributed by atoms with Gasteiger partial charge in [-0.3, -0.25) is 9.59 Å². The summed E-state index contributed by atoms with van der Waals surface area (Å²) in [6, 6.07) is 12.1. The lowest BCUT2D eigenvalue weighted by atomic mass is 9.96. The number of ketones is 2. The molecular formula is C40H58O6. The summed E-state index contributed by atoms with van der Waals surface area (Å²) in [6.45, 7) is 9.52. The normalized spacial score (nSPS) is 12.3. The summed E-state index contributed by atoms with van der Waals surface area (Å²) in [7, 11) is 0. The quantitative estimate of drug-likeness (QED) is 0.0467. The van der Waals surface area contributed by atoms with Gasteiger partial charge in [0.2, 0.25) is 11.6 Å². The maximum Gasteiger partial charge on any atom is 0.338 e. The molecule has 0 heterocycles. The van der Waals surface area contributed by atoms with Crippen LogP contribution in [0.1, 0.15) is 172 Å². The summed E-state index contributed by atoms with van der Waals surface area (Å²) in [4.78, 5) is 51.3. The number of Topliss-reactive ketones (excluding diaryl/α,β-unsaturated/α-hetero) is 2. The highest BCUT2D eigenvalue weighted by Crippen LogP contribution is 2.21. The molecular weight excluding hydrogens is 576 g/mol. The van der Waals surface area contributed by atoms with E-state index in [0.29, 0.717) is 36.2 Å². The molecule has 0 radical (unpaired) electrons. The number of carbonyl (C=O) groups excluding carboxylic acids is 4. The number of carbonyl (C=O) groups is 4. The van der Waals surface area contributed by atoms with E-state index >= 15 is 0 Å². The average molecular weight is 635 g/mol. The van der Waals surface area contributed by atoms with Crippen molar-refractivity contribution in [3.05, 3.63) is 70.8 Å². The van der Waals surface area contributed by atoms with E-state index in [2.05, 4.69) is 27.7 Å². The van der Waals surface area contributed by atoms with Crippen LogP contribution in [0.2, 0.25) is 0 Å². The first-order valence-corrected chi connectivity index (χ1v) is 18.0. The molecule has 0 N–H and O–H groups in total. The molecule has 254 valence electrons. The number of ether oxygens (including phenoxy) is 2. The Balaban J connectivity index is 1.91. The molecule has 2 aromatic carbocycles. The molecule has 2 aromatic rings. The summed E-state index contributed by atoms with van der Waals surface area (Å²) in [5.41, 5.74) is 1.09. The zero-order valence-electron chi connectivity index (χ0n) is 29.0. The molecule has 0 aromatic heterocycles. The third kappa shape index (κ3) is 14.4. The highest BCUT2D eigenvalue weighted by Gasteiger charge is 2.21. The van der Waals surface area contributed by atoms with Gasteiger partial charge in [0.25, 0.3) is 0 Å². The van der Waals surface area contributed by atoms with Gasteiger partial charge in [0.05, 0.1) is 24.3 Å². The highest BCUT2D eigenvalue weighted by molar-refractivity contribution is 6.49. The van der Waals surface area contributed by atoms with Crippen molar-refractivity contribution in [3.8, 4) is 0 Å². The van der Waals surface area contributed by atoms with Gasteiger partial charge in [-0.15, -0.1) is 0 Å². The first-order valence-electron chi connectivity index (χ1n) is 18.0. The van der Waals surface area contributed by atoms with Crippen molar-refractivity contribution in [3.63, 3.8) is 0 Å². The van der Waals surface area contributed by atoms with E-state index in [1.165, 1.54) is 87.1 Å². The topological polar surface area (TPSA) is 86.7 Å². The SMILES string of the molecule is CCCCCCC(CCCC)COC(=O)c1ccc(C(=O)C(=O)c2ccc(C(=O)OCC(CCCC)CCCCCC)cc2)cc1. The first-order chi connectivity index (χ1) is 22.3. The van der Waals surface area contributed by atoms with Crippen LogP contribution >= 0.6 is 0 Å². The molecule has 2 atom stereocenters. The zero-order chi connectivity index (χ0) is 33.6. The third-order valence-corrected chi connectivity index (χ3v) is 8.74. The molecule has 6 heteroatoms. The predicted molar refractivity (Wildman–Crippen MR) is 186 cm³/mol. The van der Waals surface area contributed by atoms with Crippen molar-refractivity contribution in [1.82, 2.24) is 0 Å². The Morgan fingerprint density at radius 2 is 0.739 bits per heavy atom. The van der Waals surface area contributed by atoms with Crippen molar-refractivity contribution in [1.29, 1.82) is 0 Å². The van der Waals surface area contributed by atoms with Crippen LogP contribution in [0.15, 0.2) is 48.5 Å². The van der Waals surface area contributed by atoms with E-state index in [1.54, 1.807) is 0 Å². The predicted octanol–water partition coefficient (Wildman–Crippen LogP) is 10.6. The summed E-state index contributed by atoms with van der Waals surface area (Å²) in [5, 5.41) is 0. The number of unbranched alkanes of at least 4 members (excludes halogenated alkanes) is 8. The van der Waals surface area contributed by atoms with Gasteiger partial charge in [-0.25, -0.2) is 9.59 Å². The zero-order valence-corrected chi connectivity index (χ0v) is 29.0. The van der Waals surface area contributed by atoms with Gasteiger partial charge in [0.15, 0.2) is 0 Å². The number of esters is 2. The Bertz CT molecular complexity index is 1070. The maximum absolute atomic E-state index is 12.9. The van der Waals surface area contributed by atoms with Gasteiger partial charge in [0, 0.05) is 11.1 Å². The maximum atomic E-state index is 12.9. The number of rotatable bonds is 25. The molecule has 2 unspecified atom stereocenters. The van der Waals surface area contributed by atoms with Crippen LogP contribution in [-0.2, 0) is 9.47 Å². The highest BCUT2D eigenvalue weighted by atomic mass is 16.5. The molecule has 0 saturated carbocycles. The fourth-order valence-corrected chi connectivity index (χ4v) is 5.66. The molecule has 0 fully saturated rings. The molecule has 0 bridgehead atoms. The van der Waals surface area contributed by atoms with Crippen LogP contribution in [-0.4, -0.2) is 36.7 Å². The van der Waals surface area contributed by atoms with Crippen molar-refractivity contribution in [2.24, 2.45) is 11.8 Å². The second-order valence-corrected chi connectivity index (χ2v) is 12.7.